The minimum Gasteiger partial charge on any atom is -0.480 e. The largest absolute Gasteiger partial charge is 0.480 e. The third-order valence-electron chi connectivity index (χ3n) is 6.80. The van der Waals surface area contributed by atoms with Crippen molar-refractivity contribution in [1.29, 1.82) is 0 Å². The average molecular weight is 502 g/mol. The van der Waals surface area contributed by atoms with Gasteiger partial charge in [-0.1, -0.05) is 43.5 Å². The summed E-state index contributed by atoms with van der Waals surface area (Å²) in [4.78, 5) is 46.5. The van der Waals surface area contributed by atoms with Crippen LogP contribution >= 0.6 is 0 Å². The third-order valence-corrected chi connectivity index (χ3v) is 6.80. The van der Waals surface area contributed by atoms with Gasteiger partial charge in [-0.15, -0.1) is 0 Å². The van der Waals surface area contributed by atoms with E-state index in [0.29, 0.717) is 16.8 Å². The third kappa shape index (κ3) is 6.30. The van der Waals surface area contributed by atoms with Gasteiger partial charge < -0.3 is 21.1 Å². The number of aromatic nitrogens is 2. The molecule has 4 rings (SSSR count). The van der Waals surface area contributed by atoms with Crippen molar-refractivity contribution in [2.75, 3.05) is 10.6 Å². The summed E-state index contributed by atoms with van der Waals surface area (Å²) >= 11 is 0. The van der Waals surface area contributed by atoms with Gasteiger partial charge >= 0.3 is 12.0 Å². The van der Waals surface area contributed by atoms with Crippen LogP contribution in [0.4, 0.5) is 16.2 Å². The molecule has 9 nitrogen and oxygen atoms in total. The van der Waals surface area contributed by atoms with Crippen molar-refractivity contribution in [1.82, 2.24) is 15.3 Å². The van der Waals surface area contributed by atoms with E-state index in [9.17, 15) is 19.5 Å². The van der Waals surface area contributed by atoms with Gasteiger partial charge in [-0.2, -0.15) is 0 Å². The van der Waals surface area contributed by atoms with Gasteiger partial charge in [0.1, 0.15) is 12.4 Å². The molecule has 1 aromatic heterocycles. The van der Waals surface area contributed by atoms with E-state index in [1.807, 2.05) is 32.0 Å². The fourth-order valence-corrected chi connectivity index (χ4v) is 4.82. The summed E-state index contributed by atoms with van der Waals surface area (Å²) in [6.45, 7) is 3.80. The van der Waals surface area contributed by atoms with Gasteiger partial charge in [-0.05, 0) is 61.4 Å². The number of para-hydroxylation sites is 1. The number of aliphatic carboxylic acids is 1. The van der Waals surface area contributed by atoms with Crippen LogP contribution in [0.5, 0.6) is 0 Å². The van der Waals surface area contributed by atoms with Crippen molar-refractivity contribution < 1.29 is 19.5 Å². The minimum atomic E-state index is -1.06. The van der Waals surface area contributed by atoms with Crippen LogP contribution < -0.4 is 16.0 Å². The standard InChI is InChI=1S/C28H31N5O4/c1-17-7-6-8-18(2)24(17)33-28(37)31-23-13-20(21-14-29-16-30-15-21)11-12-22(23)26(34)32-25(27(35)36)19-9-4-3-5-10-19/h6-8,11-16,19,25H,3-5,9-10H2,1-2H3,(H,32,34)(H,35,36)(H2,31,33,37). The molecule has 9 heteroatoms. The topological polar surface area (TPSA) is 133 Å². The van der Waals surface area contributed by atoms with E-state index in [1.165, 1.54) is 6.33 Å². The quantitative estimate of drug-likeness (QED) is 0.353. The van der Waals surface area contributed by atoms with Crippen LogP contribution in [0.2, 0.25) is 0 Å². The van der Waals surface area contributed by atoms with Gasteiger partial charge in [0.15, 0.2) is 0 Å². The first-order valence-electron chi connectivity index (χ1n) is 12.4. The van der Waals surface area contributed by atoms with E-state index in [2.05, 4.69) is 25.9 Å². The number of aryl methyl sites for hydroxylation is 2. The van der Waals surface area contributed by atoms with E-state index in [0.717, 1.165) is 43.2 Å². The maximum Gasteiger partial charge on any atom is 0.326 e. The SMILES string of the molecule is Cc1cccc(C)c1NC(=O)Nc1cc(-c2cncnc2)ccc1C(=O)NC(C(=O)O)C1CCCCC1. The lowest BCUT2D eigenvalue weighted by Crippen LogP contribution is -2.46. The molecule has 1 aliphatic rings. The van der Waals surface area contributed by atoms with E-state index in [-0.39, 0.29) is 17.2 Å². The molecular weight excluding hydrogens is 470 g/mol. The molecule has 1 saturated carbocycles. The molecule has 192 valence electrons. The number of carbonyl (C=O) groups is 3. The number of carboxylic acid groups (broad SMARTS) is 1. The molecule has 1 heterocycles. The number of carbonyl (C=O) groups excluding carboxylic acids is 2. The first kappa shape index (κ1) is 25.8. The Morgan fingerprint density at radius 3 is 2.24 bits per heavy atom. The summed E-state index contributed by atoms with van der Waals surface area (Å²) in [5.74, 6) is -1.74. The van der Waals surface area contributed by atoms with Gasteiger partial charge in [0.05, 0.1) is 11.3 Å². The lowest BCUT2D eigenvalue weighted by atomic mass is 9.83. The highest BCUT2D eigenvalue weighted by Crippen LogP contribution is 2.29. The summed E-state index contributed by atoms with van der Waals surface area (Å²) in [7, 11) is 0. The van der Waals surface area contributed by atoms with Gasteiger partial charge in [-0.25, -0.2) is 19.6 Å². The minimum absolute atomic E-state index is 0.125. The first-order valence-corrected chi connectivity index (χ1v) is 12.4. The molecule has 37 heavy (non-hydrogen) atoms. The predicted molar refractivity (Wildman–Crippen MR) is 141 cm³/mol. The lowest BCUT2D eigenvalue weighted by Gasteiger charge is -2.28. The summed E-state index contributed by atoms with van der Waals surface area (Å²) in [5, 5.41) is 18.2. The Labute approximate surface area is 215 Å². The summed E-state index contributed by atoms with van der Waals surface area (Å²) in [6, 6.07) is 9.15. The highest BCUT2D eigenvalue weighted by Gasteiger charge is 2.31. The molecule has 4 N–H and O–H groups in total. The van der Waals surface area contributed by atoms with Crippen molar-refractivity contribution in [3.05, 3.63) is 71.8 Å². The van der Waals surface area contributed by atoms with Crippen LogP contribution in [-0.4, -0.2) is 39.0 Å². The molecule has 1 fully saturated rings. The molecule has 0 radical (unpaired) electrons. The van der Waals surface area contributed by atoms with E-state index >= 15 is 0 Å². The van der Waals surface area contributed by atoms with Crippen LogP contribution in [0, 0.1) is 19.8 Å². The predicted octanol–water partition coefficient (Wildman–Crippen LogP) is 5.17. The molecule has 3 aromatic rings. The fourth-order valence-electron chi connectivity index (χ4n) is 4.82. The number of benzene rings is 2. The highest BCUT2D eigenvalue weighted by molar-refractivity contribution is 6.08. The van der Waals surface area contributed by atoms with Crippen molar-refractivity contribution in [3.63, 3.8) is 0 Å². The molecule has 0 spiro atoms. The zero-order valence-corrected chi connectivity index (χ0v) is 21.0. The molecule has 2 aromatic carbocycles. The van der Waals surface area contributed by atoms with Crippen molar-refractivity contribution in [2.24, 2.45) is 5.92 Å². The Bertz CT molecular complexity index is 1270. The number of hydrogen-bond donors (Lipinski definition) is 4. The molecule has 1 atom stereocenters. The molecule has 0 saturated heterocycles. The van der Waals surface area contributed by atoms with Crippen molar-refractivity contribution >= 4 is 29.3 Å². The number of hydrogen-bond acceptors (Lipinski definition) is 5. The van der Waals surface area contributed by atoms with Crippen LogP contribution in [0.25, 0.3) is 11.1 Å². The summed E-state index contributed by atoms with van der Waals surface area (Å²) in [5.41, 5.74) is 4.30. The Morgan fingerprint density at radius 2 is 1.59 bits per heavy atom. The maximum absolute atomic E-state index is 13.3. The number of nitrogens with zero attached hydrogens (tertiary/aromatic N) is 2. The normalized spacial score (nSPS) is 14.4. The molecule has 3 amide bonds. The second-order valence-electron chi connectivity index (χ2n) is 9.42. The van der Waals surface area contributed by atoms with Crippen LogP contribution in [0.15, 0.2) is 55.1 Å². The number of nitrogens with one attached hydrogen (secondary N) is 3. The number of urea groups is 1. The van der Waals surface area contributed by atoms with E-state index < -0.39 is 23.9 Å². The highest BCUT2D eigenvalue weighted by atomic mass is 16.4. The maximum atomic E-state index is 13.3. The second kappa shape index (κ2) is 11.6. The molecule has 0 aliphatic heterocycles. The molecule has 0 bridgehead atoms. The first-order chi connectivity index (χ1) is 17.8. The average Bonchev–Trinajstić information content (AvgIpc) is 2.90. The van der Waals surface area contributed by atoms with Crippen LogP contribution in [0.1, 0.15) is 53.6 Å². The molecule has 1 unspecified atom stereocenters. The number of carboxylic acids is 1. The number of anilines is 2. The zero-order chi connectivity index (χ0) is 26.4. The fraction of sp³-hybridized carbons (Fsp3) is 0.321. The van der Waals surface area contributed by atoms with E-state index in [1.54, 1.807) is 30.6 Å². The van der Waals surface area contributed by atoms with Gasteiger partial charge in [0.2, 0.25) is 0 Å². The summed E-state index contributed by atoms with van der Waals surface area (Å²) in [6.07, 6.45) is 9.16. The van der Waals surface area contributed by atoms with Crippen LogP contribution in [-0.2, 0) is 4.79 Å². The van der Waals surface area contributed by atoms with E-state index in [4.69, 9.17) is 0 Å². The smallest absolute Gasteiger partial charge is 0.326 e. The number of amides is 3. The lowest BCUT2D eigenvalue weighted by molar-refractivity contribution is -0.141. The zero-order valence-electron chi connectivity index (χ0n) is 21.0. The Kier molecular flexibility index (Phi) is 8.12. The van der Waals surface area contributed by atoms with Crippen molar-refractivity contribution in [3.8, 4) is 11.1 Å². The van der Waals surface area contributed by atoms with Crippen molar-refractivity contribution in [2.45, 2.75) is 52.0 Å². The van der Waals surface area contributed by atoms with Crippen LogP contribution in [0.3, 0.4) is 0 Å². The Morgan fingerprint density at radius 1 is 0.919 bits per heavy atom. The molecular formula is C28H31N5O4. The van der Waals surface area contributed by atoms with Gasteiger partial charge in [0.25, 0.3) is 5.91 Å². The Balaban J connectivity index is 1.63. The van der Waals surface area contributed by atoms with Gasteiger partial charge in [-0.3, -0.25) is 4.79 Å². The number of rotatable bonds is 7. The second-order valence-corrected chi connectivity index (χ2v) is 9.42. The Hall–Kier alpha value is -4.27. The van der Waals surface area contributed by atoms with Gasteiger partial charge in [0, 0.05) is 23.6 Å². The molecule has 1 aliphatic carbocycles. The summed E-state index contributed by atoms with van der Waals surface area (Å²) < 4.78 is 0. The monoisotopic (exact) mass is 501 g/mol.